The fourth-order valence-electron chi connectivity index (χ4n) is 1.68. The van der Waals surface area contributed by atoms with Crippen molar-refractivity contribution in [2.75, 3.05) is 5.75 Å². The van der Waals surface area contributed by atoms with Gasteiger partial charge in [0.15, 0.2) is 0 Å². The minimum absolute atomic E-state index is 0.0411. The largest absolute Gasteiger partial charge is 0.411 e. The van der Waals surface area contributed by atoms with Gasteiger partial charge in [-0.1, -0.05) is 30.0 Å². The van der Waals surface area contributed by atoms with Gasteiger partial charge in [-0.25, -0.2) is 0 Å². The minimum atomic E-state index is -0.0411. The molecule has 1 aromatic carbocycles. The Hall–Kier alpha value is -1.82. The highest BCUT2D eigenvalue weighted by Gasteiger charge is 2.12. The molecule has 6 heteroatoms. The van der Waals surface area contributed by atoms with Gasteiger partial charge in [0.1, 0.15) is 0 Å². The summed E-state index contributed by atoms with van der Waals surface area (Å²) in [7, 11) is 0. The molecule has 0 aliphatic heterocycles. The van der Waals surface area contributed by atoms with Gasteiger partial charge in [0.25, 0.3) is 5.22 Å². The van der Waals surface area contributed by atoms with Crippen molar-refractivity contribution < 1.29 is 9.21 Å². The van der Waals surface area contributed by atoms with Crippen LogP contribution in [0.3, 0.4) is 0 Å². The smallest absolute Gasteiger partial charge is 0.277 e. The summed E-state index contributed by atoms with van der Waals surface area (Å²) in [6, 6.07) is 7.94. The second-order valence-corrected chi connectivity index (χ2v) is 5.63. The van der Waals surface area contributed by atoms with E-state index in [4.69, 9.17) is 4.42 Å². The third-order valence-corrected chi connectivity index (χ3v) is 3.38. The van der Waals surface area contributed by atoms with Crippen molar-refractivity contribution in [1.82, 2.24) is 15.5 Å². The Balaban J connectivity index is 2.00. The molecule has 5 nitrogen and oxygen atoms in total. The lowest BCUT2D eigenvalue weighted by Gasteiger charge is -2.06. The zero-order chi connectivity index (χ0) is 14.5. The molecule has 2 rings (SSSR count). The summed E-state index contributed by atoms with van der Waals surface area (Å²) in [6.07, 6.45) is 0. The molecule has 1 aromatic heterocycles. The monoisotopic (exact) mass is 291 g/mol. The van der Waals surface area contributed by atoms with Crippen LogP contribution in [-0.2, 0) is 4.79 Å². The van der Waals surface area contributed by atoms with E-state index in [9.17, 15) is 4.79 Å². The number of carbonyl (C=O) groups is 1. The molecule has 1 heterocycles. The van der Waals surface area contributed by atoms with Crippen LogP contribution >= 0.6 is 11.8 Å². The summed E-state index contributed by atoms with van der Waals surface area (Å²) < 4.78 is 5.57. The van der Waals surface area contributed by atoms with Gasteiger partial charge in [0.05, 0.1) is 5.75 Å². The van der Waals surface area contributed by atoms with Gasteiger partial charge in [0.2, 0.25) is 11.8 Å². The van der Waals surface area contributed by atoms with Crippen molar-refractivity contribution in [3.05, 3.63) is 29.8 Å². The van der Waals surface area contributed by atoms with Crippen molar-refractivity contribution in [1.29, 1.82) is 0 Å². The van der Waals surface area contributed by atoms with E-state index in [-0.39, 0.29) is 17.7 Å². The summed E-state index contributed by atoms with van der Waals surface area (Å²) in [5, 5.41) is 11.2. The number of nitrogens with one attached hydrogen (secondary N) is 1. The van der Waals surface area contributed by atoms with Crippen LogP contribution < -0.4 is 5.32 Å². The van der Waals surface area contributed by atoms with Gasteiger partial charge in [0, 0.05) is 11.6 Å². The molecule has 0 radical (unpaired) electrons. The number of hydrogen-bond donors (Lipinski definition) is 1. The molecule has 0 aliphatic rings. The molecular formula is C14H17N3O2S. The van der Waals surface area contributed by atoms with Crippen molar-refractivity contribution in [2.45, 2.75) is 32.0 Å². The molecule has 0 fully saturated rings. The second-order valence-electron chi connectivity index (χ2n) is 4.70. The molecule has 106 valence electrons. The SMILES string of the molecule is Cc1ccccc1-c1nnc(SCC(=O)NC(C)C)o1. The van der Waals surface area contributed by atoms with E-state index in [2.05, 4.69) is 15.5 Å². The van der Waals surface area contributed by atoms with Crippen molar-refractivity contribution >= 4 is 17.7 Å². The highest BCUT2D eigenvalue weighted by molar-refractivity contribution is 7.99. The summed E-state index contributed by atoms with van der Waals surface area (Å²) in [5.74, 6) is 0.712. The maximum absolute atomic E-state index is 11.5. The Labute approximate surface area is 122 Å². The average molecular weight is 291 g/mol. The predicted octanol–water partition coefficient (Wildman–Crippen LogP) is 2.66. The zero-order valence-electron chi connectivity index (χ0n) is 11.7. The van der Waals surface area contributed by atoms with Gasteiger partial charge in [-0.3, -0.25) is 4.79 Å². The lowest BCUT2D eigenvalue weighted by Crippen LogP contribution is -2.31. The van der Waals surface area contributed by atoms with E-state index < -0.39 is 0 Å². The summed E-state index contributed by atoms with van der Waals surface area (Å²) in [6.45, 7) is 5.83. The van der Waals surface area contributed by atoms with E-state index in [0.717, 1.165) is 11.1 Å². The first kappa shape index (κ1) is 14.6. The zero-order valence-corrected chi connectivity index (χ0v) is 12.5. The number of nitrogens with zero attached hydrogens (tertiary/aromatic N) is 2. The minimum Gasteiger partial charge on any atom is -0.411 e. The normalized spacial score (nSPS) is 10.8. The van der Waals surface area contributed by atoms with Crippen LogP contribution in [0.15, 0.2) is 33.9 Å². The first-order chi connectivity index (χ1) is 9.56. The van der Waals surface area contributed by atoms with E-state index in [1.54, 1.807) is 0 Å². The number of amides is 1. The van der Waals surface area contributed by atoms with E-state index in [1.165, 1.54) is 11.8 Å². The fourth-order valence-corrected chi connectivity index (χ4v) is 2.26. The average Bonchev–Trinajstić information content (AvgIpc) is 2.85. The molecular weight excluding hydrogens is 274 g/mol. The topological polar surface area (TPSA) is 68.0 Å². The molecule has 0 atom stereocenters. The van der Waals surface area contributed by atoms with E-state index >= 15 is 0 Å². The summed E-state index contributed by atoms with van der Waals surface area (Å²) in [4.78, 5) is 11.5. The van der Waals surface area contributed by atoms with Gasteiger partial charge in [-0.2, -0.15) is 0 Å². The van der Waals surface area contributed by atoms with Crippen LogP contribution in [0.1, 0.15) is 19.4 Å². The Kier molecular flexibility index (Phi) is 4.79. The van der Waals surface area contributed by atoms with Gasteiger partial charge < -0.3 is 9.73 Å². The predicted molar refractivity (Wildman–Crippen MR) is 78.5 cm³/mol. The lowest BCUT2D eigenvalue weighted by molar-refractivity contribution is -0.119. The number of rotatable bonds is 5. The third kappa shape index (κ3) is 3.84. The first-order valence-corrected chi connectivity index (χ1v) is 7.36. The van der Waals surface area contributed by atoms with Crippen LogP contribution in [0, 0.1) is 6.92 Å². The standard InChI is InChI=1S/C14H17N3O2S/c1-9(2)15-12(18)8-20-14-17-16-13(19-14)11-7-5-4-6-10(11)3/h4-7,9H,8H2,1-3H3,(H,15,18). The third-order valence-electron chi connectivity index (χ3n) is 2.56. The number of aryl methyl sites for hydroxylation is 1. The summed E-state index contributed by atoms with van der Waals surface area (Å²) >= 11 is 1.24. The van der Waals surface area contributed by atoms with Crippen LogP contribution in [0.4, 0.5) is 0 Å². The quantitative estimate of drug-likeness (QED) is 0.858. The molecule has 0 aliphatic carbocycles. The molecule has 0 saturated carbocycles. The van der Waals surface area contributed by atoms with Crippen LogP contribution in [0.2, 0.25) is 0 Å². The Morgan fingerprint density at radius 1 is 1.35 bits per heavy atom. The number of hydrogen-bond acceptors (Lipinski definition) is 5. The second kappa shape index (κ2) is 6.56. The molecule has 1 N–H and O–H groups in total. The molecule has 20 heavy (non-hydrogen) atoms. The summed E-state index contributed by atoms with van der Waals surface area (Å²) in [5.41, 5.74) is 1.99. The molecule has 0 unspecified atom stereocenters. The maximum atomic E-state index is 11.5. The number of carbonyl (C=O) groups excluding carboxylic acids is 1. The van der Waals surface area contributed by atoms with E-state index in [0.29, 0.717) is 11.1 Å². The van der Waals surface area contributed by atoms with Gasteiger partial charge in [-0.05, 0) is 32.4 Å². The van der Waals surface area contributed by atoms with Gasteiger partial charge >= 0.3 is 0 Å². The van der Waals surface area contributed by atoms with E-state index in [1.807, 2.05) is 45.0 Å². The number of aromatic nitrogens is 2. The lowest BCUT2D eigenvalue weighted by atomic mass is 10.1. The van der Waals surface area contributed by atoms with Crippen molar-refractivity contribution in [3.8, 4) is 11.5 Å². The highest BCUT2D eigenvalue weighted by atomic mass is 32.2. The maximum Gasteiger partial charge on any atom is 0.277 e. The highest BCUT2D eigenvalue weighted by Crippen LogP contribution is 2.25. The van der Waals surface area contributed by atoms with Crippen molar-refractivity contribution in [2.24, 2.45) is 0 Å². The van der Waals surface area contributed by atoms with Gasteiger partial charge in [-0.15, -0.1) is 10.2 Å². The van der Waals surface area contributed by atoms with Crippen molar-refractivity contribution in [3.63, 3.8) is 0 Å². The number of benzene rings is 1. The molecule has 2 aromatic rings. The fraction of sp³-hybridized carbons (Fsp3) is 0.357. The molecule has 1 amide bonds. The number of thioether (sulfide) groups is 1. The molecule has 0 saturated heterocycles. The molecule has 0 spiro atoms. The van der Waals surface area contributed by atoms with Crippen LogP contribution in [0.25, 0.3) is 11.5 Å². The first-order valence-electron chi connectivity index (χ1n) is 6.38. The van der Waals surface area contributed by atoms with Crippen LogP contribution in [0.5, 0.6) is 0 Å². The molecule has 0 bridgehead atoms. The Bertz CT molecular complexity index is 596. The Morgan fingerprint density at radius 3 is 2.80 bits per heavy atom. The van der Waals surface area contributed by atoms with Crippen LogP contribution in [-0.4, -0.2) is 27.9 Å². The Morgan fingerprint density at radius 2 is 2.10 bits per heavy atom.